The van der Waals surface area contributed by atoms with Crippen molar-refractivity contribution in [2.45, 2.75) is 6.92 Å². The highest BCUT2D eigenvalue weighted by Crippen LogP contribution is 2.27. The van der Waals surface area contributed by atoms with E-state index < -0.39 is 0 Å². The number of nitrogens with zero attached hydrogens (tertiary/aromatic N) is 2. The monoisotopic (exact) mass is 437 g/mol. The summed E-state index contributed by atoms with van der Waals surface area (Å²) in [6.07, 6.45) is 1.68. The maximum Gasteiger partial charge on any atom is 0.239 e. The van der Waals surface area contributed by atoms with Gasteiger partial charge >= 0.3 is 0 Å². The van der Waals surface area contributed by atoms with E-state index in [4.69, 9.17) is 0 Å². The predicted octanol–water partition coefficient (Wildman–Crippen LogP) is 5.01. The number of rotatable bonds is 9. The molecule has 2 aromatic carbocycles. The van der Waals surface area contributed by atoms with Gasteiger partial charge in [-0.2, -0.15) is 0 Å². The van der Waals surface area contributed by atoms with Gasteiger partial charge in [-0.1, -0.05) is 48.5 Å². The Balaban J connectivity index is 1.56. The number of anilines is 2. The fourth-order valence-electron chi connectivity index (χ4n) is 2.77. The van der Waals surface area contributed by atoms with E-state index in [1.165, 1.54) is 23.1 Å². The molecule has 154 valence electrons. The van der Waals surface area contributed by atoms with E-state index in [9.17, 15) is 9.59 Å². The second-order valence-corrected chi connectivity index (χ2v) is 8.41. The summed E-state index contributed by atoms with van der Waals surface area (Å²) in [6, 6.07) is 17.5. The van der Waals surface area contributed by atoms with Crippen LogP contribution in [0, 0.1) is 6.92 Å². The van der Waals surface area contributed by atoms with Gasteiger partial charge in [-0.25, -0.2) is 4.98 Å². The third kappa shape index (κ3) is 6.05. The molecule has 3 rings (SSSR count). The minimum absolute atomic E-state index is 0.0998. The van der Waals surface area contributed by atoms with Gasteiger partial charge in [0.25, 0.3) is 0 Å². The van der Waals surface area contributed by atoms with E-state index >= 15 is 0 Å². The lowest BCUT2D eigenvalue weighted by molar-refractivity contribution is -0.116. The average Bonchev–Trinajstić information content (AvgIpc) is 3.22. The molecule has 5 nitrogen and oxygen atoms in total. The average molecular weight is 438 g/mol. The van der Waals surface area contributed by atoms with Crippen LogP contribution in [0.25, 0.3) is 11.3 Å². The zero-order valence-electron chi connectivity index (χ0n) is 16.7. The molecule has 30 heavy (non-hydrogen) atoms. The molecule has 3 aromatic rings. The van der Waals surface area contributed by atoms with Crippen LogP contribution in [0.2, 0.25) is 0 Å². The number of aryl methyl sites for hydroxylation is 1. The lowest BCUT2D eigenvalue weighted by atomic mass is 10.2. The summed E-state index contributed by atoms with van der Waals surface area (Å²) in [7, 11) is 0. The van der Waals surface area contributed by atoms with E-state index in [1.54, 1.807) is 11.0 Å². The number of carbonyl (C=O) groups excluding carboxylic acids is 2. The SMILES string of the molecule is C=CCN(C(=O)CSCC(=O)Nc1cccc(C)c1)c1nc(-c2ccccc2)cs1. The van der Waals surface area contributed by atoms with Crippen LogP contribution in [0.15, 0.2) is 72.6 Å². The zero-order chi connectivity index (χ0) is 21.3. The molecule has 7 heteroatoms. The summed E-state index contributed by atoms with van der Waals surface area (Å²) in [5, 5.41) is 5.42. The number of hydrogen-bond donors (Lipinski definition) is 1. The largest absolute Gasteiger partial charge is 0.325 e. The van der Waals surface area contributed by atoms with Crippen molar-refractivity contribution in [1.29, 1.82) is 0 Å². The molecule has 0 unspecified atom stereocenters. The van der Waals surface area contributed by atoms with Gasteiger partial charge in [0, 0.05) is 23.2 Å². The van der Waals surface area contributed by atoms with Crippen molar-refractivity contribution in [3.8, 4) is 11.3 Å². The molecular weight excluding hydrogens is 414 g/mol. The Hall–Kier alpha value is -2.90. The second kappa shape index (κ2) is 10.8. The molecule has 2 amide bonds. The Labute approximate surface area is 184 Å². The van der Waals surface area contributed by atoms with E-state index in [-0.39, 0.29) is 23.3 Å². The van der Waals surface area contributed by atoms with Gasteiger partial charge in [0.05, 0.1) is 17.2 Å². The van der Waals surface area contributed by atoms with Crippen molar-refractivity contribution in [2.24, 2.45) is 0 Å². The lowest BCUT2D eigenvalue weighted by Gasteiger charge is -2.17. The van der Waals surface area contributed by atoms with Crippen LogP contribution in [-0.4, -0.2) is 34.8 Å². The van der Waals surface area contributed by atoms with E-state index in [2.05, 4.69) is 16.9 Å². The third-order valence-electron chi connectivity index (χ3n) is 4.17. The first-order valence-corrected chi connectivity index (χ1v) is 11.5. The molecule has 0 saturated carbocycles. The first-order chi connectivity index (χ1) is 14.6. The number of benzene rings is 2. The predicted molar refractivity (Wildman–Crippen MR) is 127 cm³/mol. The Bertz CT molecular complexity index is 1020. The van der Waals surface area contributed by atoms with E-state index in [0.717, 1.165) is 22.5 Å². The molecule has 0 aliphatic heterocycles. The molecule has 0 fully saturated rings. The lowest BCUT2D eigenvalue weighted by Crippen LogP contribution is -2.32. The molecular formula is C23H23N3O2S2. The van der Waals surface area contributed by atoms with Crippen molar-refractivity contribution < 1.29 is 9.59 Å². The van der Waals surface area contributed by atoms with Crippen LogP contribution in [0.4, 0.5) is 10.8 Å². The molecule has 0 bridgehead atoms. The van der Waals surface area contributed by atoms with Gasteiger partial charge in [-0.3, -0.25) is 14.5 Å². The van der Waals surface area contributed by atoms with Crippen molar-refractivity contribution in [3.63, 3.8) is 0 Å². The highest BCUT2D eigenvalue weighted by molar-refractivity contribution is 8.00. The fraction of sp³-hybridized carbons (Fsp3) is 0.174. The molecule has 0 aliphatic carbocycles. The maximum atomic E-state index is 12.8. The van der Waals surface area contributed by atoms with Crippen LogP contribution in [0.1, 0.15) is 5.56 Å². The van der Waals surface area contributed by atoms with Gasteiger partial charge in [-0.15, -0.1) is 29.7 Å². The fourth-order valence-corrected chi connectivity index (χ4v) is 4.32. The number of nitrogens with one attached hydrogen (secondary N) is 1. The zero-order valence-corrected chi connectivity index (χ0v) is 18.3. The van der Waals surface area contributed by atoms with Crippen LogP contribution in [0.3, 0.4) is 0 Å². The minimum atomic E-state index is -0.130. The van der Waals surface area contributed by atoms with E-state index in [0.29, 0.717) is 11.7 Å². The summed E-state index contributed by atoms with van der Waals surface area (Å²) in [5.74, 6) is 0.163. The normalized spacial score (nSPS) is 10.4. The van der Waals surface area contributed by atoms with Gasteiger partial charge < -0.3 is 5.32 Å². The van der Waals surface area contributed by atoms with Crippen molar-refractivity contribution in [3.05, 3.63) is 78.2 Å². The standard InChI is InChI=1S/C23H23N3O2S2/c1-3-12-26(23-25-20(14-30-23)18-9-5-4-6-10-18)22(28)16-29-15-21(27)24-19-11-7-8-17(2)13-19/h3-11,13-14H,1,12,15-16H2,2H3,(H,24,27). The van der Waals surface area contributed by atoms with Crippen LogP contribution in [-0.2, 0) is 9.59 Å². The van der Waals surface area contributed by atoms with Crippen molar-refractivity contribution >= 4 is 45.7 Å². The Morgan fingerprint density at radius 1 is 1.17 bits per heavy atom. The molecule has 0 spiro atoms. The Morgan fingerprint density at radius 2 is 1.97 bits per heavy atom. The molecule has 0 radical (unpaired) electrons. The quantitative estimate of drug-likeness (QED) is 0.478. The smallest absolute Gasteiger partial charge is 0.239 e. The minimum Gasteiger partial charge on any atom is -0.325 e. The maximum absolute atomic E-state index is 12.8. The van der Waals surface area contributed by atoms with Crippen LogP contribution < -0.4 is 10.2 Å². The van der Waals surface area contributed by atoms with Crippen molar-refractivity contribution in [2.75, 3.05) is 28.3 Å². The van der Waals surface area contributed by atoms with E-state index in [1.807, 2.05) is 66.9 Å². The molecule has 1 N–H and O–H groups in total. The first-order valence-electron chi connectivity index (χ1n) is 9.43. The Morgan fingerprint density at radius 3 is 2.70 bits per heavy atom. The summed E-state index contributed by atoms with van der Waals surface area (Å²) in [4.78, 5) is 31.1. The number of hydrogen-bond acceptors (Lipinski definition) is 5. The number of thioether (sulfide) groups is 1. The molecule has 1 heterocycles. The van der Waals surface area contributed by atoms with Gasteiger partial charge in [0.2, 0.25) is 11.8 Å². The molecule has 0 atom stereocenters. The third-order valence-corrected chi connectivity index (χ3v) is 5.95. The van der Waals surface area contributed by atoms with Crippen LogP contribution in [0.5, 0.6) is 0 Å². The molecule has 0 aliphatic rings. The summed E-state index contributed by atoms with van der Waals surface area (Å²) >= 11 is 2.71. The highest BCUT2D eigenvalue weighted by atomic mass is 32.2. The Kier molecular flexibility index (Phi) is 7.82. The van der Waals surface area contributed by atoms with Gasteiger partial charge in [-0.05, 0) is 24.6 Å². The highest BCUT2D eigenvalue weighted by Gasteiger charge is 2.19. The topological polar surface area (TPSA) is 62.3 Å². The van der Waals surface area contributed by atoms with Gasteiger partial charge in [0.15, 0.2) is 5.13 Å². The first kappa shape index (κ1) is 21.8. The summed E-state index contributed by atoms with van der Waals surface area (Å²) in [6.45, 7) is 6.09. The van der Waals surface area contributed by atoms with Gasteiger partial charge in [0.1, 0.15) is 0 Å². The van der Waals surface area contributed by atoms with Crippen molar-refractivity contribution in [1.82, 2.24) is 4.98 Å². The number of amides is 2. The number of carbonyl (C=O) groups is 2. The summed E-state index contributed by atoms with van der Waals surface area (Å²) in [5.41, 5.74) is 3.68. The molecule has 0 saturated heterocycles. The van der Waals surface area contributed by atoms with Crippen LogP contribution >= 0.6 is 23.1 Å². The summed E-state index contributed by atoms with van der Waals surface area (Å²) < 4.78 is 0. The number of thiazole rings is 1. The molecule has 1 aromatic heterocycles. The second-order valence-electron chi connectivity index (χ2n) is 6.58. The number of aromatic nitrogens is 1.